The number of nitrogens with zero attached hydrogens (tertiary/aromatic N) is 2. The van der Waals surface area contributed by atoms with E-state index in [1.165, 1.54) is 28.8 Å². The van der Waals surface area contributed by atoms with E-state index in [1.54, 1.807) is 0 Å². The predicted octanol–water partition coefficient (Wildman–Crippen LogP) is 7.84. The number of carbonyl (C=O) groups excluding carboxylic acids is 1. The highest BCUT2D eigenvalue weighted by Crippen LogP contribution is 2.67. The monoisotopic (exact) mass is 466 g/mol. The third-order valence-corrected chi connectivity index (χ3v) is 8.68. The molecule has 1 amide bonds. The Morgan fingerprint density at radius 2 is 1.49 bits per heavy atom. The molecule has 35 heavy (non-hydrogen) atoms. The first-order chi connectivity index (χ1) is 16.4. The number of allylic oxidation sites excluding steroid dienone is 2. The molecular weight excluding hydrogens is 428 g/mol. The summed E-state index contributed by atoms with van der Waals surface area (Å²) in [5.74, 6) is 0.0854. The van der Waals surface area contributed by atoms with Gasteiger partial charge in [0.2, 0.25) is 0 Å². The molecule has 2 bridgehead atoms. The fourth-order valence-electron chi connectivity index (χ4n) is 8.33. The van der Waals surface area contributed by atoms with Gasteiger partial charge in [0.15, 0.2) is 0 Å². The quantitative estimate of drug-likeness (QED) is 0.450. The standard InChI is InChI=1S/C32H38N2O/c1-22-12-10-11-15-25(22)34-32-20-30(4,5)19-31(6,21-32)17-24-16-29(2,3)18-26(27(24)32)33(34)28(35)23-13-8-7-9-14-23/h7-15,17H,16,18-21H2,1-6H3. The van der Waals surface area contributed by atoms with Crippen molar-refractivity contribution in [1.29, 1.82) is 0 Å². The lowest BCUT2D eigenvalue weighted by atomic mass is 9.50. The van der Waals surface area contributed by atoms with E-state index in [0.29, 0.717) is 0 Å². The number of rotatable bonds is 2. The molecule has 1 fully saturated rings. The lowest BCUT2D eigenvalue weighted by Crippen LogP contribution is -2.61. The molecule has 182 valence electrons. The van der Waals surface area contributed by atoms with Crippen molar-refractivity contribution < 1.29 is 4.79 Å². The zero-order chi connectivity index (χ0) is 24.8. The molecule has 2 aromatic carbocycles. The smallest absolute Gasteiger partial charge is 0.267 e. The highest BCUT2D eigenvalue weighted by atomic mass is 16.2. The van der Waals surface area contributed by atoms with E-state index < -0.39 is 0 Å². The summed E-state index contributed by atoms with van der Waals surface area (Å²) >= 11 is 0. The summed E-state index contributed by atoms with van der Waals surface area (Å²) in [6.45, 7) is 14.2. The maximum Gasteiger partial charge on any atom is 0.276 e. The van der Waals surface area contributed by atoms with Crippen LogP contribution < -0.4 is 5.01 Å². The van der Waals surface area contributed by atoms with Gasteiger partial charge in [0.05, 0.1) is 16.9 Å². The highest BCUT2D eigenvalue weighted by molar-refractivity contribution is 5.98. The second-order valence-electron chi connectivity index (χ2n) is 13.5. The van der Waals surface area contributed by atoms with Crippen molar-refractivity contribution in [3.8, 4) is 0 Å². The zero-order valence-electron chi connectivity index (χ0n) is 22.1. The molecule has 1 saturated carbocycles. The minimum absolute atomic E-state index is 0.0854. The van der Waals surface area contributed by atoms with Crippen molar-refractivity contribution in [2.45, 2.75) is 79.2 Å². The number of amides is 1. The molecular formula is C32H38N2O. The van der Waals surface area contributed by atoms with Gasteiger partial charge in [-0.25, -0.2) is 5.01 Å². The van der Waals surface area contributed by atoms with Crippen molar-refractivity contribution >= 4 is 11.6 Å². The van der Waals surface area contributed by atoms with Gasteiger partial charge in [-0.2, -0.15) is 0 Å². The van der Waals surface area contributed by atoms with E-state index in [1.807, 2.05) is 30.3 Å². The average molecular weight is 467 g/mol. The number of hydrazine groups is 1. The molecule has 2 atom stereocenters. The van der Waals surface area contributed by atoms with E-state index in [-0.39, 0.29) is 27.7 Å². The van der Waals surface area contributed by atoms with Crippen LogP contribution in [0.1, 0.15) is 82.6 Å². The van der Waals surface area contributed by atoms with Crippen LogP contribution in [0.3, 0.4) is 0 Å². The van der Waals surface area contributed by atoms with Crippen LogP contribution in [0.15, 0.2) is 77.5 Å². The lowest BCUT2D eigenvalue weighted by Gasteiger charge is -2.59. The van der Waals surface area contributed by atoms with E-state index in [4.69, 9.17) is 0 Å². The normalized spacial score (nSPS) is 30.2. The average Bonchev–Trinajstić information content (AvgIpc) is 2.99. The Kier molecular flexibility index (Phi) is 4.61. The summed E-state index contributed by atoms with van der Waals surface area (Å²) in [6.07, 6.45) is 7.90. The molecule has 1 aliphatic heterocycles. The Balaban J connectivity index is 1.66. The Hall–Kier alpha value is -2.81. The molecule has 2 aromatic rings. The van der Waals surface area contributed by atoms with Gasteiger partial charge in [-0.05, 0) is 84.6 Å². The van der Waals surface area contributed by atoms with Crippen LogP contribution in [0.5, 0.6) is 0 Å². The number of aryl methyl sites for hydroxylation is 1. The fraction of sp³-hybridized carbons (Fsp3) is 0.469. The molecule has 0 aromatic heterocycles. The summed E-state index contributed by atoms with van der Waals surface area (Å²) in [6, 6.07) is 18.5. The molecule has 1 spiro atoms. The largest absolute Gasteiger partial charge is 0.276 e. The van der Waals surface area contributed by atoms with Crippen LogP contribution in [0, 0.1) is 23.2 Å². The van der Waals surface area contributed by atoms with Gasteiger partial charge in [0, 0.05) is 11.1 Å². The minimum Gasteiger partial charge on any atom is -0.267 e. The first-order valence-electron chi connectivity index (χ1n) is 13.1. The number of para-hydroxylation sites is 1. The molecule has 2 unspecified atom stereocenters. The Morgan fingerprint density at radius 1 is 0.800 bits per heavy atom. The van der Waals surface area contributed by atoms with E-state index in [2.05, 4.69) is 81.9 Å². The number of hydrogen-bond acceptors (Lipinski definition) is 2. The fourth-order valence-corrected chi connectivity index (χ4v) is 8.33. The van der Waals surface area contributed by atoms with E-state index in [9.17, 15) is 4.79 Å². The van der Waals surface area contributed by atoms with Gasteiger partial charge in [-0.15, -0.1) is 0 Å². The van der Waals surface area contributed by atoms with Crippen LogP contribution in [0.4, 0.5) is 5.69 Å². The minimum atomic E-state index is -0.205. The summed E-state index contributed by atoms with van der Waals surface area (Å²) in [7, 11) is 0. The summed E-state index contributed by atoms with van der Waals surface area (Å²) in [5.41, 5.74) is 7.49. The SMILES string of the molecule is Cc1ccccc1N1N(C(=O)c2ccccc2)C2=C3C(=CC4(C)CC(C)(C)CC31C4)CC(C)(C)C2. The lowest BCUT2D eigenvalue weighted by molar-refractivity contribution is 0.0521. The summed E-state index contributed by atoms with van der Waals surface area (Å²) in [5, 5.41) is 4.56. The Bertz CT molecular complexity index is 1280. The van der Waals surface area contributed by atoms with Crippen molar-refractivity contribution in [3.05, 3.63) is 88.6 Å². The van der Waals surface area contributed by atoms with Crippen LogP contribution in [0.25, 0.3) is 0 Å². The van der Waals surface area contributed by atoms with Gasteiger partial charge in [0.25, 0.3) is 5.91 Å². The molecule has 0 N–H and O–H groups in total. The zero-order valence-corrected chi connectivity index (χ0v) is 22.1. The number of hydrogen-bond donors (Lipinski definition) is 0. The van der Waals surface area contributed by atoms with E-state index >= 15 is 0 Å². The van der Waals surface area contributed by atoms with Crippen LogP contribution in [-0.4, -0.2) is 16.5 Å². The highest BCUT2D eigenvalue weighted by Gasteiger charge is 2.64. The second kappa shape index (κ2) is 7.12. The Morgan fingerprint density at radius 3 is 2.20 bits per heavy atom. The third-order valence-electron chi connectivity index (χ3n) is 8.68. The van der Waals surface area contributed by atoms with Crippen LogP contribution >= 0.6 is 0 Å². The van der Waals surface area contributed by atoms with Crippen molar-refractivity contribution in [1.82, 2.24) is 5.01 Å². The van der Waals surface area contributed by atoms with Crippen molar-refractivity contribution in [3.63, 3.8) is 0 Å². The van der Waals surface area contributed by atoms with E-state index in [0.717, 1.165) is 36.9 Å². The molecule has 3 heteroatoms. The van der Waals surface area contributed by atoms with Crippen molar-refractivity contribution in [2.75, 3.05) is 5.01 Å². The number of benzene rings is 2. The molecule has 1 heterocycles. The second-order valence-corrected chi connectivity index (χ2v) is 13.5. The summed E-state index contributed by atoms with van der Waals surface area (Å²) in [4.78, 5) is 14.4. The van der Waals surface area contributed by atoms with Gasteiger partial charge in [-0.1, -0.05) is 77.1 Å². The van der Waals surface area contributed by atoms with Gasteiger partial charge < -0.3 is 0 Å². The van der Waals surface area contributed by atoms with Gasteiger partial charge >= 0.3 is 0 Å². The maximum atomic E-state index is 14.4. The molecule has 3 nitrogen and oxygen atoms in total. The number of carbonyl (C=O) groups is 1. The first-order valence-corrected chi connectivity index (χ1v) is 13.1. The Labute approximate surface area is 210 Å². The molecule has 4 aliphatic rings. The van der Waals surface area contributed by atoms with Gasteiger partial charge in [-0.3, -0.25) is 9.80 Å². The third kappa shape index (κ3) is 3.34. The topological polar surface area (TPSA) is 23.6 Å². The van der Waals surface area contributed by atoms with Gasteiger partial charge in [0.1, 0.15) is 0 Å². The number of anilines is 1. The first kappa shape index (κ1) is 22.6. The summed E-state index contributed by atoms with van der Waals surface area (Å²) < 4.78 is 0. The molecule has 0 radical (unpaired) electrons. The molecule has 6 rings (SSSR count). The molecule has 3 aliphatic carbocycles. The number of fused-ring (bicyclic) bond motifs is 1. The maximum absolute atomic E-state index is 14.4. The van der Waals surface area contributed by atoms with Crippen molar-refractivity contribution in [2.24, 2.45) is 16.2 Å². The predicted molar refractivity (Wildman–Crippen MR) is 143 cm³/mol. The van der Waals surface area contributed by atoms with Crippen LogP contribution in [0.2, 0.25) is 0 Å². The van der Waals surface area contributed by atoms with Crippen LogP contribution in [-0.2, 0) is 0 Å². The molecule has 0 saturated heterocycles.